The van der Waals surface area contributed by atoms with E-state index in [4.69, 9.17) is 5.41 Å². The summed E-state index contributed by atoms with van der Waals surface area (Å²) in [5.74, 6) is 0. The maximum Gasteiger partial charge on any atom is 0.0765 e. The summed E-state index contributed by atoms with van der Waals surface area (Å²) in [6.07, 6.45) is 0.750. The van der Waals surface area contributed by atoms with Crippen molar-refractivity contribution in [1.29, 1.82) is 5.41 Å². The number of nitrogens with one attached hydrogen (secondary N) is 1. The minimum absolute atomic E-state index is 0. The van der Waals surface area contributed by atoms with Gasteiger partial charge in [0, 0.05) is 25.8 Å². The van der Waals surface area contributed by atoms with E-state index in [1.54, 1.807) is 0 Å². The van der Waals surface area contributed by atoms with Crippen molar-refractivity contribution in [3.8, 4) is 0 Å². The van der Waals surface area contributed by atoms with Gasteiger partial charge in [-0.15, -0.1) is 24.0 Å². The summed E-state index contributed by atoms with van der Waals surface area (Å²) >= 11 is 0. The van der Waals surface area contributed by atoms with Gasteiger partial charge >= 0.3 is 0 Å². The summed E-state index contributed by atoms with van der Waals surface area (Å²) in [5, 5.41) is 5.86. The second kappa shape index (κ2) is 19.6. The predicted molar refractivity (Wildman–Crippen MR) is 34.1 cm³/mol. The normalized spacial score (nSPS) is 2.40. The van der Waals surface area contributed by atoms with Crippen LogP contribution in [0.2, 0.25) is 0 Å². The molecule has 0 aromatic carbocycles. The average Bonchev–Trinajstić information content (AvgIpc) is 0.918. The first-order valence-corrected chi connectivity index (χ1v) is 0.622. The summed E-state index contributed by atoms with van der Waals surface area (Å²) in [4.78, 5) is 0. The molecule has 0 spiro atoms. The molecule has 0 aromatic heterocycles. The van der Waals surface area contributed by atoms with Crippen molar-refractivity contribution in [3.63, 3.8) is 0 Å². The number of halogens is 1. The fraction of sp³-hybridized carbons (Fsp3) is 0. The Bertz CT molecular complexity index is 17.1. The number of hydrogen-bond acceptors (Lipinski definition) is 1. The SMILES string of the molecule is I.N=CN.[In]. The van der Waals surface area contributed by atoms with E-state index in [1.807, 2.05) is 0 Å². The fourth-order valence-electron chi connectivity index (χ4n) is 0. The zero-order chi connectivity index (χ0) is 2.71. The minimum atomic E-state index is 0. The van der Waals surface area contributed by atoms with E-state index in [2.05, 4.69) is 5.73 Å². The van der Waals surface area contributed by atoms with Crippen LogP contribution in [0.15, 0.2) is 0 Å². The molecule has 5 heavy (non-hydrogen) atoms. The third-order valence-corrected chi connectivity index (χ3v) is 0. The van der Waals surface area contributed by atoms with Gasteiger partial charge in [0.1, 0.15) is 0 Å². The van der Waals surface area contributed by atoms with Gasteiger partial charge in [-0.1, -0.05) is 0 Å². The molecular weight excluding hydrogens is 282 g/mol. The quantitative estimate of drug-likeness (QED) is 0.361. The molecular formula is CH5IInN2. The van der Waals surface area contributed by atoms with Crippen molar-refractivity contribution in [2.24, 2.45) is 5.73 Å². The third kappa shape index (κ3) is 41.7. The molecule has 0 amide bonds. The predicted octanol–water partition coefficient (Wildman–Crippen LogP) is -0.211. The van der Waals surface area contributed by atoms with Gasteiger partial charge in [0.25, 0.3) is 0 Å². The van der Waals surface area contributed by atoms with Crippen molar-refractivity contribution >= 4 is 56.2 Å². The Kier molecular flexibility index (Phi) is 64.9. The van der Waals surface area contributed by atoms with Crippen LogP contribution in [0.5, 0.6) is 0 Å². The smallest absolute Gasteiger partial charge is 0.0765 e. The molecule has 0 aliphatic rings. The first-order valence-electron chi connectivity index (χ1n) is 0.622. The van der Waals surface area contributed by atoms with Gasteiger partial charge in [0.05, 0.1) is 6.34 Å². The fourth-order valence-corrected chi connectivity index (χ4v) is 0. The van der Waals surface area contributed by atoms with Gasteiger partial charge in [-0.2, -0.15) is 0 Å². The molecule has 0 saturated heterocycles. The summed E-state index contributed by atoms with van der Waals surface area (Å²) in [7, 11) is 0. The topological polar surface area (TPSA) is 49.9 Å². The van der Waals surface area contributed by atoms with E-state index in [0.717, 1.165) is 6.34 Å². The Morgan fingerprint density at radius 1 is 1.60 bits per heavy atom. The van der Waals surface area contributed by atoms with Crippen LogP contribution >= 0.6 is 24.0 Å². The van der Waals surface area contributed by atoms with Gasteiger partial charge in [0.15, 0.2) is 0 Å². The molecule has 4 heteroatoms. The molecule has 0 fully saturated rings. The maximum atomic E-state index is 5.86. The molecule has 0 atom stereocenters. The summed E-state index contributed by atoms with van der Waals surface area (Å²) in [5.41, 5.74) is 4.39. The Balaban J connectivity index is -0.0000000200. The van der Waals surface area contributed by atoms with Crippen LogP contribution in [0.4, 0.5) is 0 Å². The molecule has 0 bridgehead atoms. The van der Waals surface area contributed by atoms with E-state index in [-0.39, 0.29) is 49.8 Å². The molecule has 0 aromatic rings. The Hall–Kier alpha value is 1.07. The van der Waals surface area contributed by atoms with E-state index in [1.165, 1.54) is 0 Å². The van der Waals surface area contributed by atoms with Crippen LogP contribution in [-0.2, 0) is 0 Å². The molecule has 29 valence electrons. The second-order valence-electron chi connectivity index (χ2n) is 0.167. The minimum Gasteiger partial charge on any atom is -0.390 e. The Morgan fingerprint density at radius 3 is 1.60 bits per heavy atom. The van der Waals surface area contributed by atoms with E-state index in [0.29, 0.717) is 0 Å². The van der Waals surface area contributed by atoms with Gasteiger partial charge in [-0.3, -0.25) is 5.41 Å². The van der Waals surface area contributed by atoms with Crippen LogP contribution in [0.3, 0.4) is 0 Å². The number of hydrogen-bond donors (Lipinski definition) is 2. The van der Waals surface area contributed by atoms with E-state index < -0.39 is 0 Å². The zero-order valence-corrected chi connectivity index (χ0v) is 8.27. The van der Waals surface area contributed by atoms with Gasteiger partial charge < -0.3 is 5.73 Å². The van der Waals surface area contributed by atoms with Crippen LogP contribution in [0.25, 0.3) is 0 Å². The van der Waals surface area contributed by atoms with E-state index in [9.17, 15) is 0 Å². The van der Waals surface area contributed by atoms with Gasteiger partial charge in [0.2, 0.25) is 0 Å². The molecule has 0 aliphatic heterocycles. The van der Waals surface area contributed by atoms with Crippen molar-refractivity contribution < 1.29 is 0 Å². The Morgan fingerprint density at radius 2 is 1.60 bits per heavy atom. The van der Waals surface area contributed by atoms with Crippen molar-refractivity contribution in [2.75, 3.05) is 0 Å². The molecule has 3 N–H and O–H groups in total. The molecule has 0 unspecified atom stereocenters. The van der Waals surface area contributed by atoms with Crippen molar-refractivity contribution in [3.05, 3.63) is 0 Å². The zero-order valence-electron chi connectivity index (χ0n) is 2.64. The largest absolute Gasteiger partial charge is 0.390 e. The molecule has 0 heterocycles. The van der Waals surface area contributed by atoms with Gasteiger partial charge in [-0.05, 0) is 0 Å². The summed E-state index contributed by atoms with van der Waals surface area (Å²) < 4.78 is 0. The molecule has 0 rings (SSSR count). The molecule has 2 nitrogen and oxygen atoms in total. The Labute approximate surface area is 66.8 Å². The molecule has 3 radical (unpaired) electrons. The van der Waals surface area contributed by atoms with Crippen LogP contribution in [0.1, 0.15) is 0 Å². The third-order valence-electron chi connectivity index (χ3n) is 0. The average molecular weight is 287 g/mol. The molecule has 0 saturated carbocycles. The first-order chi connectivity index (χ1) is 1.41. The van der Waals surface area contributed by atoms with Crippen LogP contribution in [-0.4, -0.2) is 32.2 Å². The summed E-state index contributed by atoms with van der Waals surface area (Å²) in [6.45, 7) is 0. The summed E-state index contributed by atoms with van der Waals surface area (Å²) in [6, 6.07) is 0. The first kappa shape index (κ1) is 16.6. The monoisotopic (exact) mass is 287 g/mol. The number of nitrogens with two attached hydrogens (primary N) is 1. The van der Waals surface area contributed by atoms with Gasteiger partial charge in [-0.25, -0.2) is 0 Å². The van der Waals surface area contributed by atoms with E-state index >= 15 is 0 Å². The van der Waals surface area contributed by atoms with Crippen molar-refractivity contribution in [2.45, 2.75) is 0 Å². The number of rotatable bonds is 0. The maximum absolute atomic E-state index is 5.86. The van der Waals surface area contributed by atoms with Crippen molar-refractivity contribution in [1.82, 2.24) is 0 Å². The van der Waals surface area contributed by atoms with Crippen LogP contribution < -0.4 is 5.73 Å². The molecule has 0 aliphatic carbocycles. The standard InChI is InChI=1S/CH4N2.HI.In/c2-1-3;;/h1H,(H3,2,3);1H;. The van der Waals surface area contributed by atoms with Crippen LogP contribution in [0, 0.1) is 5.41 Å². The second-order valence-corrected chi connectivity index (χ2v) is 0.167.